The van der Waals surface area contributed by atoms with Gasteiger partial charge in [0.1, 0.15) is 0 Å². The largest absolute Gasteiger partial charge is 0.490 e. The zero-order valence-electron chi connectivity index (χ0n) is 18.4. The highest BCUT2D eigenvalue weighted by molar-refractivity contribution is 6.58. The summed E-state index contributed by atoms with van der Waals surface area (Å²) in [6, 6.07) is -1.25. The number of aromatic nitrogens is 1. The molecule has 13 heavy (non-hydrogen) atoms. The molecular formula is C9H14BNO2. The summed E-state index contributed by atoms with van der Waals surface area (Å²) >= 11 is 0. The lowest BCUT2D eigenvalue weighted by Gasteiger charge is -2.10. The van der Waals surface area contributed by atoms with E-state index in [0.29, 0.717) is 0 Å². The normalized spacial score (nSPS) is 27.8. The van der Waals surface area contributed by atoms with Crippen LogP contribution in [0.4, 0.5) is 0 Å². The Morgan fingerprint density at radius 1 is 1.69 bits per heavy atom. The van der Waals surface area contributed by atoms with Crippen LogP contribution < -0.4 is 5.46 Å². The monoisotopic (exact) mass is 191 g/mol. The lowest BCUT2D eigenvalue weighted by molar-refractivity contribution is 0.425. The maximum Gasteiger partial charge on any atom is 0.490 e. The molecule has 0 atom stereocenters. The molecule has 0 aliphatic heterocycles. The fourth-order valence-electron chi connectivity index (χ4n) is 0.697. The highest BCUT2D eigenvalue weighted by Gasteiger charge is 2.14. The quantitative estimate of drug-likeness (QED) is 0.656. The topological polar surface area (TPSA) is 53.4 Å². The van der Waals surface area contributed by atoms with Crippen molar-refractivity contribution in [3.8, 4) is 0 Å². The standard InChI is InChI=1S/C9H14BNO2/c1-6(2)9-4-8(10(12)13)5-11-7(9)3/h4-6,12-13H,1-3H3/i1D3,2D3,3D3,4D,5D,6D. The number of pyridine rings is 1. The molecule has 0 fully saturated rings. The van der Waals surface area contributed by atoms with Crippen LogP contribution in [0.1, 0.15) is 47.3 Å². The summed E-state index contributed by atoms with van der Waals surface area (Å²) in [6.45, 7) is -10.5. The molecule has 0 amide bonds. The van der Waals surface area contributed by atoms with Crippen LogP contribution in [0, 0.1) is 6.85 Å². The van der Waals surface area contributed by atoms with Crippen LogP contribution in [0.3, 0.4) is 0 Å². The Labute approximate surface area is 95.5 Å². The van der Waals surface area contributed by atoms with E-state index in [1.807, 2.05) is 0 Å². The van der Waals surface area contributed by atoms with Gasteiger partial charge in [-0.1, -0.05) is 19.7 Å². The summed E-state index contributed by atoms with van der Waals surface area (Å²) in [5, 5.41) is 18.5. The molecule has 0 aliphatic rings. The number of hydrogen-bond acceptors (Lipinski definition) is 3. The van der Waals surface area contributed by atoms with Gasteiger partial charge in [-0.3, -0.25) is 4.98 Å². The second kappa shape index (κ2) is 3.90. The predicted molar refractivity (Wildman–Crippen MR) is 52.9 cm³/mol. The molecule has 0 aliphatic carbocycles. The van der Waals surface area contributed by atoms with E-state index >= 15 is 0 Å². The molecular weight excluding hydrogens is 165 g/mol. The number of aryl methyl sites for hydroxylation is 1. The molecule has 0 radical (unpaired) electrons. The van der Waals surface area contributed by atoms with Gasteiger partial charge in [0.05, 0.1) is 2.74 Å². The molecule has 1 heterocycles. The van der Waals surface area contributed by atoms with Crippen LogP contribution in [-0.4, -0.2) is 22.2 Å². The first-order chi connectivity index (χ1) is 10.9. The summed E-state index contributed by atoms with van der Waals surface area (Å²) in [5.41, 5.74) is -3.53. The van der Waals surface area contributed by atoms with E-state index in [0.717, 1.165) is 0 Å². The van der Waals surface area contributed by atoms with E-state index in [4.69, 9.17) is 16.4 Å². The number of hydrogen-bond donors (Lipinski definition) is 2. The van der Waals surface area contributed by atoms with Crippen molar-refractivity contribution >= 4 is 12.6 Å². The summed E-state index contributed by atoms with van der Waals surface area (Å²) in [7, 11) is -2.52. The van der Waals surface area contributed by atoms with Crippen molar-refractivity contribution in [2.45, 2.75) is 26.4 Å². The fraction of sp³-hybridized carbons (Fsp3) is 0.444. The molecule has 0 bridgehead atoms. The van der Waals surface area contributed by atoms with Crippen molar-refractivity contribution in [2.75, 3.05) is 0 Å². The fourth-order valence-corrected chi connectivity index (χ4v) is 0.697. The molecule has 2 N–H and O–H groups in total. The van der Waals surface area contributed by atoms with Crippen molar-refractivity contribution in [3.05, 3.63) is 23.5 Å². The Balaban J connectivity index is 4.17. The van der Waals surface area contributed by atoms with E-state index in [1.165, 1.54) is 0 Å². The SMILES string of the molecule is [2H]c1nc(C([2H])([2H])[2H])c(C([2H])(C([2H])([2H])[2H])C([2H])([2H])[2H])c([2H])c1B(O)O. The molecule has 1 rings (SSSR count). The summed E-state index contributed by atoms with van der Waals surface area (Å²) < 4.78 is 90.3. The summed E-state index contributed by atoms with van der Waals surface area (Å²) in [5.74, 6) is -3.59. The zero-order valence-corrected chi connectivity index (χ0v) is 6.42. The van der Waals surface area contributed by atoms with Gasteiger partial charge in [-0.25, -0.2) is 0 Å². The van der Waals surface area contributed by atoms with E-state index in [-0.39, 0.29) is 0 Å². The molecule has 1 aromatic heterocycles. The van der Waals surface area contributed by atoms with Gasteiger partial charge < -0.3 is 10.0 Å². The van der Waals surface area contributed by atoms with Crippen LogP contribution in [0.15, 0.2) is 12.2 Å². The van der Waals surface area contributed by atoms with Crippen LogP contribution in [0.2, 0.25) is 0 Å². The Morgan fingerprint density at radius 2 is 2.46 bits per heavy atom. The van der Waals surface area contributed by atoms with Gasteiger partial charge in [0.2, 0.25) is 0 Å². The molecule has 0 aromatic carbocycles. The van der Waals surface area contributed by atoms with Gasteiger partial charge in [0, 0.05) is 31.0 Å². The van der Waals surface area contributed by atoms with Gasteiger partial charge >= 0.3 is 7.12 Å². The molecule has 70 valence electrons. The lowest BCUT2D eigenvalue weighted by Crippen LogP contribution is -2.31. The first-order valence-electron chi connectivity index (χ1n) is 9.25. The maximum atomic E-state index is 9.27. The molecule has 0 spiro atoms. The van der Waals surface area contributed by atoms with E-state index in [9.17, 15) is 10.0 Å². The van der Waals surface area contributed by atoms with Gasteiger partial charge in [-0.15, -0.1) is 0 Å². The van der Waals surface area contributed by atoms with Gasteiger partial charge in [0.15, 0.2) is 0 Å². The predicted octanol–water partition coefficient (Wildman–Crippen LogP) is 0.193. The maximum absolute atomic E-state index is 9.27. The van der Waals surface area contributed by atoms with Crippen molar-refractivity contribution in [2.24, 2.45) is 0 Å². The average molecular weight is 191 g/mol. The third-order valence-corrected chi connectivity index (χ3v) is 1.29. The molecule has 0 unspecified atom stereocenters. The first kappa shape index (κ1) is 2.58. The third-order valence-electron chi connectivity index (χ3n) is 1.29. The highest BCUT2D eigenvalue weighted by Crippen LogP contribution is 2.15. The summed E-state index contributed by atoms with van der Waals surface area (Å²) in [4.78, 5) is 3.26. The molecule has 3 nitrogen and oxygen atoms in total. The highest BCUT2D eigenvalue weighted by atomic mass is 16.4. The number of nitrogens with zero attached hydrogens (tertiary/aromatic N) is 1. The van der Waals surface area contributed by atoms with Crippen LogP contribution in [0.25, 0.3) is 0 Å². The van der Waals surface area contributed by atoms with Crippen LogP contribution in [-0.2, 0) is 0 Å². The second-order valence-electron chi connectivity index (χ2n) is 2.23. The van der Waals surface area contributed by atoms with Crippen molar-refractivity contribution in [3.63, 3.8) is 0 Å². The molecule has 0 saturated carbocycles. The summed E-state index contributed by atoms with van der Waals surface area (Å²) in [6.07, 6.45) is -1.05. The Morgan fingerprint density at radius 3 is 3.00 bits per heavy atom. The molecule has 0 saturated heterocycles. The van der Waals surface area contributed by atoms with Crippen molar-refractivity contribution in [1.29, 1.82) is 0 Å². The Hall–Kier alpha value is -0.865. The van der Waals surface area contributed by atoms with Gasteiger partial charge in [0.25, 0.3) is 0 Å². The smallest absolute Gasteiger partial charge is 0.423 e. The minimum Gasteiger partial charge on any atom is -0.423 e. The first-order valence-corrected chi connectivity index (χ1v) is 3.25. The minimum atomic E-state index is -3.61. The van der Waals surface area contributed by atoms with E-state index < -0.39 is 62.5 Å². The van der Waals surface area contributed by atoms with Gasteiger partial charge in [-0.05, 0) is 18.3 Å². The Bertz CT molecular complexity index is 651. The van der Waals surface area contributed by atoms with E-state index in [2.05, 4.69) is 4.98 Å². The van der Waals surface area contributed by atoms with Crippen LogP contribution >= 0.6 is 0 Å². The van der Waals surface area contributed by atoms with E-state index in [1.54, 1.807) is 0 Å². The zero-order chi connectivity index (χ0) is 20.2. The number of rotatable bonds is 2. The van der Waals surface area contributed by atoms with Crippen molar-refractivity contribution < 1.29 is 26.5 Å². The van der Waals surface area contributed by atoms with Crippen LogP contribution in [0.5, 0.6) is 0 Å². The lowest BCUT2D eigenvalue weighted by atomic mass is 9.80. The Kier molecular flexibility index (Phi) is 0.774. The van der Waals surface area contributed by atoms with Gasteiger partial charge in [-0.2, -0.15) is 0 Å². The molecule has 1 aromatic rings. The third kappa shape index (κ3) is 2.29. The second-order valence-corrected chi connectivity index (χ2v) is 2.23. The molecule has 4 heteroatoms. The minimum absolute atomic E-state index is 0.992. The van der Waals surface area contributed by atoms with Crippen molar-refractivity contribution in [1.82, 2.24) is 4.98 Å². The average Bonchev–Trinajstić information content (AvgIpc) is 2.32.